The molecule has 1 aromatic rings. The summed E-state index contributed by atoms with van der Waals surface area (Å²) in [6.45, 7) is 4.15. The Labute approximate surface area is 144 Å². The number of likely N-dealkylation sites (N-methyl/N-ethyl adjacent to an activating group) is 1. The van der Waals surface area contributed by atoms with Crippen LogP contribution >= 0.6 is 0 Å². The molecule has 2 N–H and O–H groups in total. The highest BCUT2D eigenvalue weighted by molar-refractivity contribution is 5.81. The van der Waals surface area contributed by atoms with Gasteiger partial charge in [-0.1, -0.05) is 18.2 Å². The Hall–Kier alpha value is -1.88. The predicted molar refractivity (Wildman–Crippen MR) is 94.0 cm³/mol. The second-order valence-corrected chi connectivity index (χ2v) is 6.77. The zero-order valence-corrected chi connectivity index (χ0v) is 14.8. The Morgan fingerprint density at radius 3 is 2.54 bits per heavy atom. The Morgan fingerprint density at radius 2 is 1.88 bits per heavy atom. The van der Waals surface area contributed by atoms with Crippen molar-refractivity contribution in [1.82, 2.24) is 10.2 Å². The zero-order chi connectivity index (χ0) is 17.7. The number of nitrogens with zero attached hydrogens (tertiary/aromatic N) is 1. The molecule has 0 aromatic heterocycles. The summed E-state index contributed by atoms with van der Waals surface area (Å²) in [6, 6.07) is 6.10. The lowest BCUT2D eigenvalue weighted by Crippen LogP contribution is -2.44. The predicted octanol–water partition coefficient (Wildman–Crippen LogP) is 2.54. The summed E-state index contributed by atoms with van der Waals surface area (Å²) in [5.41, 5.74) is 3.97. The van der Waals surface area contributed by atoms with Crippen LogP contribution in [0.5, 0.6) is 0 Å². The largest absolute Gasteiger partial charge is 0.481 e. The van der Waals surface area contributed by atoms with Crippen molar-refractivity contribution in [1.29, 1.82) is 0 Å². The molecule has 5 heteroatoms. The van der Waals surface area contributed by atoms with E-state index in [2.05, 4.69) is 23.5 Å². The van der Waals surface area contributed by atoms with E-state index in [0.717, 1.165) is 18.4 Å². The van der Waals surface area contributed by atoms with Gasteiger partial charge in [0.2, 0.25) is 5.91 Å². The summed E-state index contributed by atoms with van der Waals surface area (Å²) in [4.78, 5) is 24.8. The lowest BCUT2D eigenvalue weighted by Gasteiger charge is -2.26. The SMILES string of the molecule is CC(NC(=O)C(C)N(C)CCC(=O)O)c1ccc2c(c1)CCCC2. The third-order valence-electron chi connectivity index (χ3n) is 4.95. The number of hydrogen-bond acceptors (Lipinski definition) is 3. The average Bonchev–Trinajstić information content (AvgIpc) is 2.58. The number of carboxylic acids is 1. The van der Waals surface area contributed by atoms with Gasteiger partial charge in [0.1, 0.15) is 0 Å². The molecule has 0 spiro atoms. The van der Waals surface area contributed by atoms with Crippen molar-refractivity contribution in [3.05, 3.63) is 34.9 Å². The number of hydrogen-bond donors (Lipinski definition) is 2. The highest BCUT2D eigenvalue weighted by atomic mass is 16.4. The summed E-state index contributed by atoms with van der Waals surface area (Å²) in [5.74, 6) is -0.926. The van der Waals surface area contributed by atoms with E-state index in [4.69, 9.17) is 5.11 Å². The Morgan fingerprint density at radius 1 is 1.21 bits per heavy atom. The van der Waals surface area contributed by atoms with Gasteiger partial charge in [-0.25, -0.2) is 0 Å². The zero-order valence-electron chi connectivity index (χ0n) is 14.8. The number of carboxylic acid groups (broad SMARTS) is 1. The van der Waals surface area contributed by atoms with Gasteiger partial charge < -0.3 is 10.4 Å². The molecule has 5 nitrogen and oxygen atoms in total. The molecule has 1 aromatic carbocycles. The molecule has 24 heavy (non-hydrogen) atoms. The standard InChI is InChI=1S/C19H28N2O3/c1-13(16-9-8-15-6-4-5-7-17(15)12-16)20-19(24)14(2)21(3)11-10-18(22)23/h8-9,12-14H,4-7,10-11H2,1-3H3,(H,20,24)(H,22,23). The molecule has 2 unspecified atom stereocenters. The van der Waals surface area contributed by atoms with Crippen LogP contribution in [0.4, 0.5) is 0 Å². The molecule has 2 atom stereocenters. The fourth-order valence-electron chi connectivity index (χ4n) is 3.11. The maximum absolute atomic E-state index is 12.4. The van der Waals surface area contributed by atoms with E-state index in [0.29, 0.717) is 6.54 Å². The van der Waals surface area contributed by atoms with Crippen molar-refractivity contribution in [2.75, 3.05) is 13.6 Å². The van der Waals surface area contributed by atoms with Crippen LogP contribution < -0.4 is 5.32 Å². The number of rotatable bonds is 7. The smallest absolute Gasteiger partial charge is 0.304 e. The van der Waals surface area contributed by atoms with Crippen LogP contribution in [0.25, 0.3) is 0 Å². The van der Waals surface area contributed by atoms with Crippen LogP contribution in [0.1, 0.15) is 55.8 Å². The molecule has 1 amide bonds. The van der Waals surface area contributed by atoms with Crippen LogP contribution in [0.2, 0.25) is 0 Å². The molecule has 0 heterocycles. The van der Waals surface area contributed by atoms with Crippen LogP contribution in [0.3, 0.4) is 0 Å². The van der Waals surface area contributed by atoms with Crippen LogP contribution in [0, 0.1) is 0 Å². The molecule has 0 radical (unpaired) electrons. The first kappa shape index (κ1) is 18.5. The van der Waals surface area contributed by atoms with Gasteiger partial charge >= 0.3 is 5.97 Å². The Balaban J connectivity index is 1.94. The monoisotopic (exact) mass is 332 g/mol. The number of nitrogens with one attached hydrogen (secondary N) is 1. The van der Waals surface area contributed by atoms with Crippen molar-refractivity contribution in [3.63, 3.8) is 0 Å². The van der Waals surface area contributed by atoms with E-state index >= 15 is 0 Å². The maximum Gasteiger partial charge on any atom is 0.304 e. The van der Waals surface area contributed by atoms with Gasteiger partial charge in [0, 0.05) is 6.54 Å². The minimum atomic E-state index is -0.850. The second-order valence-electron chi connectivity index (χ2n) is 6.77. The molecule has 0 saturated heterocycles. The highest BCUT2D eigenvalue weighted by Crippen LogP contribution is 2.24. The van der Waals surface area contributed by atoms with E-state index in [-0.39, 0.29) is 24.4 Å². The van der Waals surface area contributed by atoms with E-state index < -0.39 is 5.97 Å². The van der Waals surface area contributed by atoms with Crippen molar-refractivity contribution < 1.29 is 14.7 Å². The maximum atomic E-state index is 12.4. The molecule has 132 valence electrons. The fraction of sp³-hybridized carbons (Fsp3) is 0.579. The van der Waals surface area contributed by atoms with Crippen LogP contribution in [0.15, 0.2) is 18.2 Å². The summed E-state index contributed by atoms with van der Waals surface area (Å²) < 4.78 is 0. The number of benzene rings is 1. The molecule has 0 aliphatic heterocycles. The van der Waals surface area contributed by atoms with E-state index in [1.807, 2.05) is 6.92 Å². The van der Waals surface area contributed by atoms with Crippen LogP contribution in [-0.4, -0.2) is 41.5 Å². The number of aryl methyl sites for hydroxylation is 2. The summed E-state index contributed by atoms with van der Waals surface area (Å²) in [7, 11) is 1.77. The third-order valence-corrected chi connectivity index (χ3v) is 4.95. The van der Waals surface area contributed by atoms with Crippen molar-refractivity contribution in [2.45, 2.75) is 58.0 Å². The topological polar surface area (TPSA) is 69.6 Å². The van der Waals surface area contributed by atoms with Crippen molar-refractivity contribution in [2.24, 2.45) is 0 Å². The summed E-state index contributed by atoms with van der Waals surface area (Å²) in [6.07, 6.45) is 4.82. The van der Waals surface area contributed by atoms with Gasteiger partial charge in [0.05, 0.1) is 18.5 Å². The van der Waals surface area contributed by atoms with E-state index in [1.165, 1.54) is 24.0 Å². The molecule has 1 aliphatic rings. The van der Waals surface area contributed by atoms with Gasteiger partial charge in [-0.15, -0.1) is 0 Å². The van der Waals surface area contributed by atoms with Crippen LogP contribution in [-0.2, 0) is 22.4 Å². The van der Waals surface area contributed by atoms with Gasteiger partial charge in [-0.2, -0.15) is 0 Å². The third kappa shape index (κ3) is 4.81. The minimum absolute atomic E-state index is 0.0362. The summed E-state index contributed by atoms with van der Waals surface area (Å²) >= 11 is 0. The minimum Gasteiger partial charge on any atom is -0.481 e. The van der Waals surface area contributed by atoms with E-state index in [9.17, 15) is 9.59 Å². The molecular formula is C19H28N2O3. The van der Waals surface area contributed by atoms with Gasteiger partial charge in [0.15, 0.2) is 0 Å². The highest BCUT2D eigenvalue weighted by Gasteiger charge is 2.21. The number of carbonyl (C=O) groups is 2. The molecular weight excluding hydrogens is 304 g/mol. The number of fused-ring (bicyclic) bond motifs is 1. The first-order valence-electron chi connectivity index (χ1n) is 8.72. The quantitative estimate of drug-likeness (QED) is 0.805. The second kappa shape index (κ2) is 8.29. The lowest BCUT2D eigenvalue weighted by molar-refractivity contribution is -0.138. The fourth-order valence-corrected chi connectivity index (χ4v) is 3.11. The van der Waals surface area contributed by atoms with Gasteiger partial charge in [0.25, 0.3) is 0 Å². The van der Waals surface area contributed by atoms with Gasteiger partial charge in [-0.05, 0) is 63.3 Å². The Kier molecular flexibility index (Phi) is 6.37. The molecule has 2 rings (SSSR count). The average molecular weight is 332 g/mol. The number of amides is 1. The van der Waals surface area contributed by atoms with Gasteiger partial charge in [-0.3, -0.25) is 14.5 Å². The van der Waals surface area contributed by atoms with E-state index in [1.54, 1.807) is 18.9 Å². The summed E-state index contributed by atoms with van der Waals surface area (Å²) in [5, 5.41) is 11.8. The molecule has 0 fully saturated rings. The lowest BCUT2D eigenvalue weighted by atomic mass is 9.89. The number of aliphatic carboxylic acids is 1. The Bertz CT molecular complexity index is 600. The van der Waals surface area contributed by atoms with Crippen molar-refractivity contribution >= 4 is 11.9 Å². The normalized spacial score (nSPS) is 16.3. The molecule has 1 aliphatic carbocycles. The number of carbonyl (C=O) groups excluding carboxylic acids is 1. The first-order chi connectivity index (χ1) is 11.4. The molecule has 0 saturated carbocycles. The van der Waals surface area contributed by atoms with Crippen molar-refractivity contribution in [3.8, 4) is 0 Å². The first-order valence-corrected chi connectivity index (χ1v) is 8.72. The molecule has 0 bridgehead atoms.